The molecule has 0 spiro atoms. The molecule has 8 nitrogen and oxygen atoms in total. The van der Waals surface area contributed by atoms with Crippen LogP contribution >= 0.6 is 0 Å². The van der Waals surface area contributed by atoms with Gasteiger partial charge in [0.25, 0.3) is 5.91 Å². The van der Waals surface area contributed by atoms with Crippen LogP contribution in [0.5, 0.6) is 5.75 Å². The van der Waals surface area contributed by atoms with E-state index >= 15 is 0 Å². The summed E-state index contributed by atoms with van der Waals surface area (Å²) in [6.07, 6.45) is 0.882. The first kappa shape index (κ1) is 27.6. The summed E-state index contributed by atoms with van der Waals surface area (Å²) in [6.45, 7) is 7.56. The van der Waals surface area contributed by atoms with Crippen LogP contribution in [0.25, 0.3) is 0 Å². The number of hydrogen-bond donors (Lipinski definition) is 2. The molecule has 0 aromatic heterocycles. The highest BCUT2D eigenvalue weighted by molar-refractivity contribution is 7.89. The third-order valence-electron chi connectivity index (χ3n) is 6.76. The van der Waals surface area contributed by atoms with Gasteiger partial charge >= 0.3 is 0 Å². The van der Waals surface area contributed by atoms with Crippen LogP contribution in [0, 0.1) is 6.92 Å². The number of nitrogens with one attached hydrogen (secondary N) is 2. The number of anilines is 1. The lowest BCUT2D eigenvalue weighted by Gasteiger charge is -2.36. The number of hydrogen-bond acceptors (Lipinski definition) is 6. The van der Waals surface area contributed by atoms with Crippen LogP contribution < -0.4 is 19.7 Å². The van der Waals surface area contributed by atoms with E-state index in [-0.39, 0.29) is 17.3 Å². The molecule has 1 amide bonds. The molecule has 2 N–H and O–H groups in total. The van der Waals surface area contributed by atoms with Crippen LogP contribution in [-0.2, 0) is 16.6 Å². The van der Waals surface area contributed by atoms with E-state index in [2.05, 4.69) is 32.0 Å². The van der Waals surface area contributed by atoms with Crippen molar-refractivity contribution in [3.05, 3.63) is 89.5 Å². The maximum Gasteiger partial charge on any atom is 0.251 e. The van der Waals surface area contributed by atoms with Crippen molar-refractivity contribution in [3.8, 4) is 5.75 Å². The zero-order valence-electron chi connectivity index (χ0n) is 22.0. The Morgan fingerprint density at radius 3 is 2.18 bits per heavy atom. The topological polar surface area (TPSA) is 91.0 Å². The van der Waals surface area contributed by atoms with Gasteiger partial charge in [0, 0.05) is 50.5 Å². The zero-order chi connectivity index (χ0) is 27.0. The highest BCUT2D eigenvalue weighted by Gasteiger charge is 2.17. The molecule has 1 saturated heterocycles. The molecule has 1 heterocycles. The first-order chi connectivity index (χ1) is 18.3. The molecule has 1 aliphatic rings. The van der Waals surface area contributed by atoms with Crippen LogP contribution in [0.3, 0.4) is 0 Å². The molecule has 38 heavy (non-hydrogen) atoms. The lowest BCUT2D eigenvalue weighted by Crippen LogP contribution is -2.47. The second-order valence-corrected chi connectivity index (χ2v) is 11.2. The van der Waals surface area contributed by atoms with Crippen molar-refractivity contribution in [2.24, 2.45) is 0 Å². The number of carbonyl (C=O) groups is 1. The largest absolute Gasteiger partial charge is 0.497 e. The average molecular weight is 537 g/mol. The van der Waals surface area contributed by atoms with E-state index in [0.717, 1.165) is 56.0 Å². The first-order valence-electron chi connectivity index (χ1n) is 12.9. The number of carbonyl (C=O) groups excluding carboxylic acids is 1. The van der Waals surface area contributed by atoms with Gasteiger partial charge < -0.3 is 15.0 Å². The molecule has 0 bridgehead atoms. The van der Waals surface area contributed by atoms with Crippen molar-refractivity contribution < 1.29 is 17.9 Å². The van der Waals surface area contributed by atoms with E-state index in [0.29, 0.717) is 12.1 Å². The summed E-state index contributed by atoms with van der Waals surface area (Å²) in [5, 5.41) is 2.99. The van der Waals surface area contributed by atoms with Crippen molar-refractivity contribution in [3.63, 3.8) is 0 Å². The number of sulfonamides is 1. The second-order valence-electron chi connectivity index (χ2n) is 9.47. The third-order valence-corrected chi connectivity index (χ3v) is 8.18. The Morgan fingerprint density at radius 1 is 0.895 bits per heavy atom. The minimum absolute atomic E-state index is 0.124. The van der Waals surface area contributed by atoms with Gasteiger partial charge in [0.05, 0.1) is 12.0 Å². The van der Waals surface area contributed by atoms with E-state index in [1.807, 2.05) is 19.1 Å². The Morgan fingerprint density at radius 2 is 1.55 bits per heavy atom. The van der Waals surface area contributed by atoms with Crippen molar-refractivity contribution >= 4 is 21.6 Å². The number of amides is 1. The zero-order valence-corrected chi connectivity index (χ0v) is 22.8. The average Bonchev–Trinajstić information content (AvgIpc) is 2.95. The lowest BCUT2D eigenvalue weighted by molar-refractivity contribution is 0.0951. The molecule has 9 heteroatoms. The lowest BCUT2D eigenvalue weighted by atomic mass is 10.1. The predicted molar refractivity (Wildman–Crippen MR) is 150 cm³/mol. The number of nitrogens with zero attached hydrogens (tertiary/aromatic N) is 2. The molecule has 0 radical (unpaired) electrons. The van der Waals surface area contributed by atoms with Gasteiger partial charge in [-0.3, -0.25) is 9.69 Å². The fourth-order valence-electron chi connectivity index (χ4n) is 4.38. The van der Waals surface area contributed by atoms with Gasteiger partial charge in [-0.1, -0.05) is 29.8 Å². The summed E-state index contributed by atoms with van der Waals surface area (Å²) in [7, 11) is -1.91. The standard InChI is InChI=1S/C29H36N4O4S/c1-23-4-14-28(15-5-23)38(35,36)31-22-24-6-8-25(9-7-24)29(34)30-16-3-17-32-18-20-33(21-19-32)26-10-12-27(37-2)13-11-26/h4-15,31H,3,16-22H2,1-2H3,(H,30,34). The van der Waals surface area contributed by atoms with Crippen LogP contribution in [0.1, 0.15) is 27.9 Å². The second kappa shape index (κ2) is 12.9. The Kier molecular flexibility index (Phi) is 9.38. The number of piperazine rings is 1. The molecule has 3 aromatic carbocycles. The van der Waals surface area contributed by atoms with Crippen LogP contribution in [0.15, 0.2) is 77.7 Å². The maximum absolute atomic E-state index is 12.5. The maximum atomic E-state index is 12.5. The Hall–Kier alpha value is -3.40. The van der Waals surface area contributed by atoms with Gasteiger partial charge in [0.2, 0.25) is 10.0 Å². The highest BCUT2D eigenvalue weighted by atomic mass is 32.2. The molecule has 0 atom stereocenters. The monoisotopic (exact) mass is 536 g/mol. The van der Waals surface area contributed by atoms with Gasteiger partial charge in [0.15, 0.2) is 0 Å². The molecule has 4 rings (SSSR count). The van der Waals surface area contributed by atoms with Crippen molar-refractivity contribution in [2.45, 2.75) is 24.8 Å². The summed E-state index contributed by atoms with van der Waals surface area (Å²) >= 11 is 0. The molecule has 0 saturated carbocycles. The van der Waals surface area contributed by atoms with E-state index in [1.165, 1.54) is 5.69 Å². The van der Waals surface area contributed by atoms with Gasteiger partial charge in [-0.05, 0) is 74.0 Å². The van der Waals surface area contributed by atoms with Crippen LogP contribution in [-0.4, -0.2) is 65.6 Å². The molecule has 202 valence electrons. The molecule has 0 unspecified atom stereocenters. The summed E-state index contributed by atoms with van der Waals surface area (Å²) < 4.78 is 32.8. The third kappa shape index (κ3) is 7.56. The Labute approximate surface area is 225 Å². The SMILES string of the molecule is COc1ccc(N2CCN(CCCNC(=O)c3ccc(CNS(=O)(=O)c4ccc(C)cc4)cc3)CC2)cc1. The quantitative estimate of drug-likeness (QED) is 0.365. The van der Waals surface area contributed by atoms with Gasteiger partial charge in [-0.2, -0.15) is 0 Å². The summed E-state index contributed by atoms with van der Waals surface area (Å²) in [6, 6.07) is 21.9. The van der Waals surface area contributed by atoms with Gasteiger partial charge in [-0.15, -0.1) is 0 Å². The van der Waals surface area contributed by atoms with E-state index in [9.17, 15) is 13.2 Å². The molecule has 1 fully saturated rings. The van der Waals surface area contributed by atoms with E-state index < -0.39 is 10.0 Å². The molecular formula is C29H36N4O4S. The minimum Gasteiger partial charge on any atom is -0.497 e. The van der Waals surface area contributed by atoms with Crippen LogP contribution in [0.4, 0.5) is 5.69 Å². The number of methoxy groups -OCH3 is 1. The number of aryl methyl sites for hydroxylation is 1. The fourth-order valence-corrected chi connectivity index (χ4v) is 5.40. The molecule has 1 aliphatic heterocycles. The van der Waals surface area contributed by atoms with Crippen LogP contribution in [0.2, 0.25) is 0 Å². The van der Waals surface area contributed by atoms with Crippen molar-refractivity contribution in [1.29, 1.82) is 0 Å². The summed E-state index contributed by atoms with van der Waals surface area (Å²) in [5.41, 5.74) is 3.56. The first-order valence-corrected chi connectivity index (χ1v) is 14.4. The number of ether oxygens (including phenoxy) is 1. The number of rotatable bonds is 11. The van der Waals surface area contributed by atoms with Crippen molar-refractivity contribution in [2.75, 3.05) is 51.3 Å². The number of benzene rings is 3. The smallest absolute Gasteiger partial charge is 0.251 e. The minimum atomic E-state index is -3.59. The fraction of sp³-hybridized carbons (Fsp3) is 0.345. The van der Waals surface area contributed by atoms with E-state index in [4.69, 9.17) is 4.74 Å². The Bertz CT molecular complexity index is 1290. The van der Waals surface area contributed by atoms with E-state index in [1.54, 1.807) is 55.6 Å². The normalized spacial score (nSPS) is 14.3. The predicted octanol–water partition coefficient (Wildman–Crippen LogP) is 3.42. The molecule has 3 aromatic rings. The highest BCUT2D eigenvalue weighted by Crippen LogP contribution is 2.20. The molecular weight excluding hydrogens is 500 g/mol. The molecule has 0 aliphatic carbocycles. The Balaban J connectivity index is 1.14. The van der Waals surface area contributed by atoms with Gasteiger partial charge in [0.1, 0.15) is 5.75 Å². The summed E-state index contributed by atoms with van der Waals surface area (Å²) in [4.78, 5) is 17.6. The van der Waals surface area contributed by atoms with Gasteiger partial charge in [-0.25, -0.2) is 13.1 Å². The summed E-state index contributed by atoms with van der Waals surface area (Å²) in [5.74, 6) is 0.743. The van der Waals surface area contributed by atoms with Crippen molar-refractivity contribution in [1.82, 2.24) is 14.9 Å².